The first kappa shape index (κ1) is 26.5. The molecule has 6 atom stereocenters. The van der Waals surface area contributed by atoms with Crippen LogP contribution in [0.4, 0.5) is 0 Å². The van der Waals surface area contributed by atoms with Gasteiger partial charge in [0.25, 0.3) is 0 Å². The molecule has 0 spiro atoms. The summed E-state index contributed by atoms with van der Waals surface area (Å²) in [6.45, 7) is 14.8. The van der Waals surface area contributed by atoms with E-state index in [2.05, 4.69) is 0 Å². The number of carbonyl (C=O) groups is 3. The molecule has 2 N–H and O–H groups in total. The van der Waals surface area contributed by atoms with Gasteiger partial charge in [-0.05, 0) is 62.3 Å². The van der Waals surface area contributed by atoms with Gasteiger partial charge in [0.15, 0.2) is 6.10 Å². The molecule has 1 unspecified atom stereocenters. The SMILES string of the molecule is C[C@@H](OC(=O)C(C)(C)C)[C@@H](C[C@@H]1C[C@@H](O)[C@@H]2OC(=O)C(C)(C)C2(O)O1)OC(=O)C(C)(C)C. The van der Waals surface area contributed by atoms with Crippen LogP contribution in [0.2, 0.25) is 0 Å². The number of aliphatic hydroxyl groups excluding tert-OH is 1. The average molecular weight is 459 g/mol. The lowest BCUT2D eigenvalue weighted by Crippen LogP contribution is -2.61. The minimum atomic E-state index is -2.05. The minimum Gasteiger partial charge on any atom is -0.458 e. The molecular formula is C23H38O9. The molecular weight excluding hydrogens is 420 g/mol. The van der Waals surface area contributed by atoms with E-state index >= 15 is 0 Å². The molecule has 0 saturated carbocycles. The van der Waals surface area contributed by atoms with Crippen LogP contribution >= 0.6 is 0 Å². The van der Waals surface area contributed by atoms with Crippen molar-refractivity contribution in [3.05, 3.63) is 0 Å². The third-order valence-corrected chi connectivity index (χ3v) is 6.02. The van der Waals surface area contributed by atoms with E-state index in [1.54, 1.807) is 48.5 Å². The Kier molecular flexibility index (Phi) is 7.11. The van der Waals surface area contributed by atoms with Gasteiger partial charge in [0.2, 0.25) is 5.79 Å². The van der Waals surface area contributed by atoms with Crippen molar-refractivity contribution < 1.29 is 43.5 Å². The first-order valence-electron chi connectivity index (χ1n) is 11.0. The third-order valence-electron chi connectivity index (χ3n) is 6.02. The molecule has 0 aromatic carbocycles. The zero-order chi connectivity index (χ0) is 24.9. The molecule has 0 aromatic rings. The minimum absolute atomic E-state index is 0.0385. The number of carbonyl (C=O) groups excluding carboxylic acids is 3. The molecule has 0 bridgehead atoms. The highest BCUT2D eigenvalue weighted by atomic mass is 16.7. The number of ether oxygens (including phenoxy) is 4. The van der Waals surface area contributed by atoms with Crippen LogP contribution in [0.3, 0.4) is 0 Å². The Morgan fingerprint density at radius 2 is 1.59 bits per heavy atom. The molecule has 32 heavy (non-hydrogen) atoms. The second-order valence-electron chi connectivity index (χ2n) is 11.5. The van der Waals surface area contributed by atoms with Gasteiger partial charge >= 0.3 is 17.9 Å². The lowest BCUT2D eigenvalue weighted by Gasteiger charge is -2.45. The van der Waals surface area contributed by atoms with Crippen LogP contribution in [0.15, 0.2) is 0 Å². The van der Waals surface area contributed by atoms with Gasteiger partial charge in [-0.25, -0.2) is 0 Å². The van der Waals surface area contributed by atoms with E-state index in [-0.39, 0.29) is 12.8 Å². The Morgan fingerprint density at radius 1 is 1.09 bits per heavy atom. The fraction of sp³-hybridized carbons (Fsp3) is 0.870. The summed E-state index contributed by atoms with van der Waals surface area (Å²) >= 11 is 0. The van der Waals surface area contributed by atoms with Gasteiger partial charge in [-0.2, -0.15) is 0 Å². The van der Waals surface area contributed by atoms with Gasteiger partial charge in [-0.15, -0.1) is 0 Å². The van der Waals surface area contributed by atoms with Crippen molar-refractivity contribution in [1.29, 1.82) is 0 Å². The number of hydrogen-bond donors (Lipinski definition) is 2. The molecule has 2 saturated heterocycles. The molecule has 9 nitrogen and oxygen atoms in total. The number of hydrogen-bond acceptors (Lipinski definition) is 9. The number of rotatable bonds is 5. The Labute approximate surface area is 189 Å². The third kappa shape index (κ3) is 5.10. The van der Waals surface area contributed by atoms with Crippen molar-refractivity contribution in [3.63, 3.8) is 0 Å². The molecule has 2 fully saturated rings. The number of fused-ring (bicyclic) bond motifs is 1. The molecule has 184 valence electrons. The maximum atomic E-state index is 12.6. The van der Waals surface area contributed by atoms with Crippen LogP contribution in [0, 0.1) is 16.2 Å². The Bertz CT molecular complexity index is 746. The van der Waals surface area contributed by atoms with E-state index in [1.807, 2.05) is 0 Å². The van der Waals surface area contributed by atoms with Gasteiger partial charge in [-0.1, -0.05) is 0 Å². The van der Waals surface area contributed by atoms with Crippen LogP contribution in [-0.4, -0.2) is 64.4 Å². The van der Waals surface area contributed by atoms with Gasteiger partial charge < -0.3 is 29.2 Å². The Balaban J connectivity index is 2.25. The highest BCUT2D eigenvalue weighted by Crippen LogP contribution is 2.49. The zero-order valence-corrected chi connectivity index (χ0v) is 20.6. The summed E-state index contributed by atoms with van der Waals surface area (Å²) in [5.74, 6) is -3.67. The molecule has 2 aliphatic rings. The molecule has 0 radical (unpaired) electrons. The first-order valence-corrected chi connectivity index (χ1v) is 11.0. The van der Waals surface area contributed by atoms with Crippen molar-refractivity contribution in [2.24, 2.45) is 16.2 Å². The van der Waals surface area contributed by atoms with E-state index in [1.165, 1.54) is 13.8 Å². The molecule has 0 amide bonds. The monoisotopic (exact) mass is 458 g/mol. The second kappa shape index (κ2) is 8.57. The van der Waals surface area contributed by atoms with E-state index in [4.69, 9.17) is 18.9 Å². The first-order chi connectivity index (χ1) is 14.3. The molecule has 9 heteroatoms. The quantitative estimate of drug-likeness (QED) is 0.470. The lowest BCUT2D eigenvalue weighted by atomic mass is 9.78. The van der Waals surface area contributed by atoms with Crippen molar-refractivity contribution in [3.8, 4) is 0 Å². The normalized spacial score (nSPS) is 31.8. The van der Waals surface area contributed by atoms with Crippen LogP contribution in [0.5, 0.6) is 0 Å². The maximum absolute atomic E-state index is 12.6. The molecule has 0 aromatic heterocycles. The largest absolute Gasteiger partial charge is 0.458 e. The number of esters is 3. The molecule has 0 aliphatic carbocycles. The van der Waals surface area contributed by atoms with Crippen molar-refractivity contribution in [2.45, 2.75) is 111 Å². The zero-order valence-electron chi connectivity index (χ0n) is 20.6. The topological polar surface area (TPSA) is 129 Å². The highest BCUT2D eigenvalue weighted by Gasteiger charge is 2.68. The fourth-order valence-electron chi connectivity index (χ4n) is 3.57. The van der Waals surface area contributed by atoms with Crippen molar-refractivity contribution >= 4 is 17.9 Å². The van der Waals surface area contributed by atoms with Crippen molar-refractivity contribution in [2.75, 3.05) is 0 Å². The Hall–Kier alpha value is -1.71. The van der Waals surface area contributed by atoms with Gasteiger partial charge in [0.05, 0.1) is 23.0 Å². The van der Waals surface area contributed by atoms with Crippen LogP contribution in [0.1, 0.15) is 75.2 Å². The van der Waals surface area contributed by atoms with E-state index < -0.39 is 70.5 Å². The molecule has 2 aliphatic heterocycles. The summed E-state index contributed by atoms with van der Waals surface area (Å²) in [6, 6.07) is 0. The van der Waals surface area contributed by atoms with Gasteiger partial charge in [0, 0.05) is 12.8 Å². The molecule has 2 heterocycles. The summed E-state index contributed by atoms with van der Waals surface area (Å²) in [6.07, 6.45) is -4.80. The van der Waals surface area contributed by atoms with Crippen LogP contribution < -0.4 is 0 Å². The summed E-state index contributed by atoms with van der Waals surface area (Å²) < 4.78 is 22.3. The maximum Gasteiger partial charge on any atom is 0.317 e. The van der Waals surface area contributed by atoms with Crippen LogP contribution in [0.25, 0.3) is 0 Å². The summed E-state index contributed by atoms with van der Waals surface area (Å²) in [5, 5.41) is 21.7. The Morgan fingerprint density at radius 3 is 2.09 bits per heavy atom. The van der Waals surface area contributed by atoms with Gasteiger partial charge in [-0.3, -0.25) is 14.4 Å². The predicted molar refractivity (Wildman–Crippen MR) is 113 cm³/mol. The second-order valence-corrected chi connectivity index (χ2v) is 11.5. The smallest absolute Gasteiger partial charge is 0.317 e. The highest BCUT2D eigenvalue weighted by molar-refractivity contribution is 5.80. The fourth-order valence-corrected chi connectivity index (χ4v) is 3.57. The predicted octanol–water partition coefficient (Wildman–Crippen LogP) is 2.10. The van der Waals surface area contributed by atoms with E-state index in [9.17, 15) is 24.6 Å². The van der Waals surface area contributed by atoms with Crippen molar-refractivity contribution in [1.82, 2.24) is 0 Å². The molecule has 2 rings (SSSR count). The summed E-state index contributed by atoms with van der Waals surface area (Å²) in [4.78, 5) is 37.2. The van der Waals surface area contributed by atoms with Gasteiger partial charge in [0.1, 0.15) is 17.6 Å². The lowest BCUT2D eigenvalue weighted by molar-refractivity contribution is -0.329. The van der Waals surface area contributed by atoms with Crippen LogP contribution in [-0.2, 0) is 33.3 Å². The standard InChI is InChI=1S/C23H38O9/c1-12(29-17(25)20(2,3)4)15(30-18(26)21(5,6)7)11-13-10-14(24)16-23(28,32-13)22(8,9)19(27)31-16/h12-16,24,28H,10-11H2,1-9H3/t12-,13+,14-,15-,16+,23?/m1/s1. The van der Waals surface area contributed by atoms with E-state index in [0.717, 1.165) is 0 Å². The summed E-state index contributed by atoms with van der Waals surface area (Å²) in [5.41, 5.74) is -2.95. The van der Waals surface area contributed by atoms with E-state index in [0.29, 0.717) is 0 Å². The number of aliphatic hydroxyl groups is 2. The summed E-state index contributed by atoms with van der Waals surface area (Å²) in [7, 11) is 0. The average Bonchev–Trinajstić information content (AvgIpc) is 2.79.